The number of rotatable bonds is 11. The van der Waals surface area contributed by atoms with Crippen LogP contribution in [-0.4, -0.2) is 43.4 Å². The van der Waals surface area contributed by atoms with Gasteiger partial charge in [-0.25, -0.2) is 0 Å². The fourth-order valence-electron chi connectivity index (χ4n) is 2.41. The van der Waals surface area contributed by atoms with Crippen molar-refractivity contribution in [2.45, 2.75) is 52.1 Å². The molecule has 1 rings (SSSR count). The highest BCUT2D eigenvalue weighted by Gasteiger charge is 2.18. The lowest BCUT2D eigenvalue weighted by Crippen LogP contribution is -2.43. The third kappa shape index (κ3) is 8.38. The van der Waals surface area contributed by atoms with Crippen molar-refractivity contribution in [3.8, 4) is 11.5 Å². The van der Waals surface area contributed by atoms with Crippen molar-refractivity contribution in [2.24, 2.45) is 0 Å². The van der Waals surface area contributed by atoms with E-state index in [-0.39, 0.29) is 24.7 Å². The van der Waals surface area contributed by atoms with Crippen molar-refractivity contribution in [3.05, 3.63) is 22.2 Å². The third-order valence-electron chi connectivity index (χ3n) is 3.56. The van der Waals surface area contributed by atoms with Crippen molar-refractivity contribution >= 4 is 21.8 Å². The van der Waals surface area contributed by atoms with E-state index in [4.69, 9.17) is 14.6 Å². The van der Waals surface area contributed by atoms with Crippen LogP contribution in [0.3, 0.4) is 0 Å². The highest BCUT2D eigenvalue weighted by molar-refractivity contribution is 9.10. The molecule has 1 aromatic carbocycles. The van der Waals surface area contributed by atoms with Crippen LogP contribution >= 0.6 is 15.9 Å². The molecule has 26 heavy (non-hydrogen) atoms. The van der Waals surface area contributed by atoms with Crippen molar-refractivity contribution in [3.63, 3.8) is 0 Å². The summed E-state index contributed by atoms with van der Waals surface area (Å²) in [5.74, 6) is 0.977. The van der Waals surface area contributed by atoms with Gasteiger partial charge in [0.2, 0.25) is 0 Å². The van der Waals surface area contributed by atoms with Gasteiger partial charge in [0.25, 0.3) is 5.91 Å². The van der Waals surface area contributed by atoms with Crippen LogP contribution in [0.5, 0.6) is 11.5 Å². The molecule has 0 aliphatic carbocycles. The van der Waals surface area contributed by atoms with Gasteiger partial charge in [-0.3, -0.25) is 4.79 Å². The van der Waals surface area contributed by atoms with Crippen molar-refractivity contribution in [2.75, 3.05) is 26.9 Å². The molecule has 0 aromatic heterocycles. The summed E-state index contributed by atoms with van der Waals surface area (Å²) < 4.78 is 12.1. The van der Waals surface area contributed by atoms with E-state index in [1.807, 2.05) is 32.9 Å². The van der Waals surface area contributed by atoms with E-state index in [9.17, 15) is 4.79 Å². The van der Waals surface area contributed by atoms with Crippen LogP contribution < -0.4 is 20.1 Å². The van der Waals surface area contributed by atoms with Gasteiger partial charge in [-0.15, -0.1) is 0 Å². The number of hydrogen-bond donors (Lipinski definition) is 3. The number of aliphatic hydroxyl groups is 1. The number of amides is 1. The summed E-state index contributed by atoms with van der Waals surface area (Å²) in [5, 5.41) is 15.1. The molecule has 0 atom stereocenters. The number of nitrogens with one attached hydrogen (secondary N) is 2. The van der Waals surface area contributed by atoms with Crippen LogP contribution in [-0.2, 0) is 11.3 Å². The number of halogens is 1. The zero-order chi connectivity index (χ0) is 19.6. The molecule has 0 aliphatic rings. The Balaban J connectivity index is 2.75. The Bertz CT molecular complexity index is 573. The number of ether oxygens (including phenoxy) is 2. The van der Waals surface area contributed by atoms with Crippen LogP contribution in [0.1, 0.15) is 45.6 Å². The lowest BCUT2D eigenvalue weighted by Gasteiger charge is -2.21. The van der Waals surface area contributed by atoms with E-state index in [0.29, 0.717) is 18.0 Å². The SMILES string of the molecule is COc1ccc(Br)c(CNCCCCCO)c1OCC(=O)NC(C)(C)C. The molecule has 1 aromatic rings. The van der Waals surface area contributed by atoms with Crippen molar-refractivity contribution in [1.29, 1.82) is 0 Å². The smallest absolute Gasteiger partial charge is 0.258 e. The normalized spacial score (nSPS) is 11.3. The average Bonchev–Trinajstić information content (AvgIpc) is 2.56. The Morgan fingerprint density at radius 2 is 1.96 bits per heavy atom. The molecule has 7 heteroatoms. The van der Waals surface area contributed by atoms with Crippen LogP contribution in [0.15, 0.2) is 16.6 Å². The number of carbonyl (C=O) groups is 1. The molecule has 0 bridgehead atoms. The van der Waals surface area contributed by atoms with Gasteiger partial charge >= 0.3 is 0 Å². The summed E-state index contributed by atoms with van der Waals surface area (Å²) in [6.07, 6.45) is 2.80. The first-order valence-electron chi connectivity index (χ1n) is 8.89. The first-order valence-corrected chi connectivity index (χ1v) is 9.68. The Labute approximate surface area is 164 Å². The standard InChI is InChI=1S/C19H31BrN2O4/c1-19(2,3)22-17(24)13-26-18-14(12-21-10-6-5-7-11-23)15(20)8-9-16(18)25-4/h8-9,21,23H,5-7,10-13H2,1-4H3,(H,22,24). The van der Waals surface area contributed by atoms with Gasteiger partial charge in [0.1, 0.15) is 0 Å². The van der Waals surface area contributed by atoms with Crippen LogP contribution in [0.2, 0.25) is 0 Å². The predicted octanol–water partition coefficient (Wildman–Crippen LogP) is 3.00. The molecule has 0 spiro atoms. The first kappa shape index (κ1) is 22.7. The number of unbranched alkanes of at least 4 members (excludes halogenated alkanes) is 2. The van der Waals surface area contributed by atoms with Crippen LogP contribution in [0.4, 0.5) is 0 Å². The zero-order valence-corrected chi connectivity index (χ0v) is 17.7. The van der Waals surface area contributed by atoms with E-state index >= 15 is 0 Å². The maximum absolute atomic E-state index is 12.1. The summed E-state index contributed by atoms with van der Waals surface area (Å²) in [4.78, 5) is 12.1. The molecule has 0 saturated heterocycles. The number of aliphatic hydroxyl groups excluding tert-OH is 1. The van der Waals surface area contributed by atoms with Crippen molar-refractivity contribution < 1.29 is 19.4 Å². The van der Waals surface area contributed by atoms with E-state index < -0.39 is 0 Å². The Morgan fingerprint density at radius 1 is 1.23 bits per heavy atom. The van der Waals surface area contributed by atoms with Gasteiger partial charge in [0, 0.05) is 28.7 Å². The fraction of sp³-hybridized carbons (Fsp3) is 0.632. The maximum Gasteiger partial charge on any atom is 0.258 e. The second kappa shape index (κ2) is 11.4. The summed E-state index contributed by atoms with van der Waals surface area (Å²) in [6, 6.07) is 3.72. The lowest BCUT2D eigenvalue weighted by atomic mass is 10.1. The summed E-state index contributed by atoms with van der Waals surface area (Å²) >= 11 is 3.55. The van der Waals surface area contributed by atoms with Gasteiger partial charge in [-0.1, -0.05) is 15.9 Å². The molecule has 0 radical (unpaired) electrons. The minimum Gasteiger partial charge on any atom is -0.493 e. The van der Waals surface area contributed by atoms with Gasteiger partial charge in [-0.2, -0.15) is 0 Å². The Hall–Kier alpha value is -1.31. The number of benzene rings is 1. The van der Waals surface area contributed by atoms with Gasteiger partial charge in [0.15, 0.2) is 18.1 Å². The highest BCUT2D eigenvalue weighted by atomic mass is 79.9. The summed E-state index contributed by atoms with van der Waals surface area (Å²) in [6.45, 7) is 7.37. The maximum atomic E-state index is 12.1. The van der Waals surface area contributed by atoms with Crippen molar-refractivity contribution in [1.82, 2.24) is 10.6 Å². The molecule has 0 aliphatic heterocycles. The summed E-state index contributed by atoms with van der Waals surface area (Å²) in [5.41, 5.74) is 0.607. The molecule has 3 N–H and O–H groups in total. The van der Waals surface area contributed by atoms with Gasteiger partial charge < -0.3 is 25.2 Å². The largest absolute Gasteiger partial charge is 0.493 e. The molecule has 0 heterocycles. The average molecular weight is 431 g/mol. The lowest BCUT2D eigenvalue weighted by molar-refractivity contribution is -0.124. The quantitative estimate of drug-likeness (QED) is 0.470. The van der Waals surface area contributed by atoms with E-state index in [0.717, 1.165) is 35.8 Å². The van der Waals surface area contributed by atoms with E-state index in [2.05, 4.69) is 26.6 Å². The zero-order valence-electron chi connectivity index (χ0n) is 16.2. The molecule has 1 amide bonds. The molecule has 148 valence electrons. The molecule has 0 unspecified atom stereocenters. The minimum absolute atomic E-state index is 0.0758. The van der Waals surface area contributed by atoms with Gasteiger partial charge in [-0.05, 0) is 58.7 Å². The third-order valence-corrected chi connectivity index (χ3v) is 4.31. The van der Waals surface area contributed by atoms with E-state index in [1.165, 1.54) is 0 Å². The highest BCUT2D eigenvalue weighted by Crippen LogP contribution is 2.36. The number of hydrogen-bond acceptors (Lipinski definition) is 5. The molecule has 6 nitrogen and oxygen atoms in total. The molecular formula is C19H31BrN2O4. The fourth-order valence-corrected chi connectivity index (χ4v) is 2.86. The topological polar surface area (TPSA) is 79.8 Å². The molecular weight excluding hydrogens is 400 g/mol. The van der Waals surface area contributed by atoms with Crippen LogP contribution in [0.25, 0.3) is 0 Å². The Morgan fingerprint density at radius 3 is 2.58 bits per heavy atom. The molecule has 0 saturated carbocycles. The summed E-state index contributed by atoms with van der Waals surface area (Å²) in [7, 11) is 1.58. The second-order valence-corrected chi connectivity index (χ2v) is 7.96. The van der Waals surface area contributed by atoms with Gasteiger partial charge in [0.05, 0.1) is 7.11 Å². The monoisotopic (exact) mass is 430 g/mol. The second-order valence-electron chi connectivity index (χ2n) is 7.11. The van der Waals surface area contributed by atoms with E-state index in [1.54, 1.807) is 7.11 Å². The minimum atomic E-state index is -0.305. The first-order chi connectivity index (χ1) is 12.3. The van der Waals surface area contributed by atoms with Crippen LogP contribution in [0, 0.1) is 0 Å². The predicted molar refractivity (Wildman–Crippen MR) is 107 cm³/mol. The Kier molecular flexibility index (Phi) is 9.98. The molecule has 0 fully saturated rings. The number of methoxy groups -OCH3 is 1. The number of carbonyl (C=O) groups excluding carboxylic acids is 1.